The van der Waals surface area contributed by atoms with E-state index in [1.54, 1.807) is 7.11 Å². The van der Waals surface area contributed by atoms with E-state index in [9.17, 15) is 24.3 Å². The average Bonchev–Trinajstić information content (AvgIpc) is 3.66. The molecule has 4 heterocycles. The maximum Gasteiger partial charge on any atom is 0.407 e. The SMILES string of the molecule is COC[C@H]1C[C@@H](C2=Nc3ccc4cc(-c5ccc6c(ccc7[nH]c([C@@H]8C[C@H]9C[C@H]9N8C(=O)[C@@H](NC(=O)OC)C(C)C)nc76)c5)ccc4c3C2)N(C(=O)[C@@H](NC(=O)O)C(C)C)C1. The number of hydrogen-bond acceptors (Lipinski definition) is 8. The van der Waals surface area contributed by atoms with Crippen LogP contribution in [0.1, 0.15) is 64.4 Å². The fourth-order valence-corrected chi connectivity index (χ4v) is 10.1. The Balaban J connectivity index is 0.959. The lowest BCUT2D eigenvalue weighted by molar-refractivity contribution is -0.137. The van der Waals surface area contributed by atoms with E-state index in [1.165, 1.54) is 7.11 Å². The number of likely N-dealkylation sites (tertiary alicyclic amines) is 2. The number of H-pyrrole nitrogens is 1. The second-order valence-corrected chi connectivity index (χ2v) is 18.0. The molecule has 0 radical (unpaired) electrons. The normalized spacial score (nSPS) is 22.8. The number of amides is 4. The summed E-state index contributed by atoms with van der Waals surface area (Å²) in [5, 5.41) is 19.0. The number of aromatic amines is 1. The summed E-state index contributed by atoms with van der Waals surface area (Å²) in [6.07, 6.45) is 1.28. The number of benzene rings is 4. The first kappa shape index (κ1) is 40.4. The Morgan fingerprint density at radius 1 is 0.836 bits per heavy atom. The van der Waals surface area contributed by atoms with Crippen molar-refractivity contribution >= 4 is 68.0 Å². The lowest BCUT2D eigenvalue weighted by atomic mass is 9.94. The molecule has 5 aromatic rings. The van der Waals surface area contributed by atoms with Crippen molar-refractivity contribution in [2.45, 2.75) is 83.6 Å². The van der Waals surface area contributed by atoms with Crippen LogP contribution in [0.4, 0.5) is 15.3 Å². The number of imidazole rings is 1. The Kier molecular flexibility index (Phi) is 10.5. The first-order chi connectivity index (χ1) is 29.3. The van der Waals surface area contributed by atoms with Crippen LogP contribution in [0, 0.1) is 23.7 Å². The largest absolute Gasteiger partial charge is 0.465 e. The van der Waals surface area contributed by atoms with Crippen LogP contribution in [0.5, 0.6) is 0 Å². The Morgan fingerprint density at radius 2 is 1.52 bits per heavy atom. The molecule has 318 valence electrons. The maximum atomic E-state index is 14.0. The van der Waals surface area contributed by atoms with Gasteiger partial charge >= 0.3 is 12.2 Å². The number of alkyl carbamates (subject to hydrolysis) is 1. The summed E-state index contributed by atoms with van der Waals surface area (Å²) in [6, 6.07) is 19.4. The summed E-state index contributed by atoms with van der Waals surface area (Å²) in [6.45, 7) is 8.54. The molecular weight excluding hydrogens is 775 g/mol. The number of carbonyl (C=O) groups is 4. The van der Waals surface area contributed by atoms with Gasteiger partial charge in [-0.2, -0.15) is 0 Å². The van der Waals surface area contributed by atoms with E-state index in [0.717, 1.165) is 79.3 Å². The van der Waals surface area contributed by atoms with Gasteiger partial charge in [-0.1, -0.05) is 64.1 Å². The molecule has 3 fully saturated rings. The number of nitrogens with one attached hydrogen (secondary N) is 3. The van der Waals surface area contributed by atoms with Gasteiger partial charge in [0.2, 0.25) is 11.8 Å². The number of aromatic nitrogens is 2. The Labute approximate surface area is 354 Å². The van der Waals surface area contributed by atoms with Crippen LogP contribution in [0.15, 0.2) is 65.7 Å². The minimum atomic E-state index is -1.22. The highest BCUT2D eigenvalue weighted by Gasteiger charge is 2.56. The van der Waals surface area contributed by atoms with E-state index >= 15 is 0 Å². The van der Waals surface area contributed by atoms with Crippen LogP contribution in [0.2, 0.25) is 0 Å². The number of piperidine rings is 1. The molecule has 14 heteroatoms. The van der Waals surface area contributed by atoms with Crippen LogP contribution < -0.4 is 10.6 Å². The molecule has 9 rings (SSSR count). The van der Waals surface area contributed by atoms with Gasteiger partial charge in [0.05, 0.1) is 42.5 Å². The number of fused-ring (bicyclic) bond motifs is 7. The molecule has 1 aromatic heterocycles. The van der Waals surface area contributed by atoms with Gasteiger partial charge < -0.3 is 40.0 Å². The van der Waals surface area contributed by atoms with Gasteiger partial charge in [-0.3, -0.25) is 14.6 Å². The van der Waals surface area contributed by atoms with Crippen molar-refractivity contribution in [3.63, 3.8) is 0 Å². The molecule has 4 N–H and O–H groups in total. The van der Waals surface area contributed by atoms with Crippen LogP contribution in [-0.4, -0.2) is 106 Å². The summed E-state index contributed by atoms with van der Waals surface area (Å²) in [5.41, 5.74) is 6.86. The highest BCUT2D eigenvalue weighted by molar-refractivity contribution is 6.07. The molecular formula is C47H53N7O7. The lowest BCUT2D eigenvalue weighted by Crippen LogP contribution is -2.53. The first-order valence-electron chi connectivity index (χ1n) is 21.3. The lowest BCUT2D eigenvalue weighted by Gasteiger charge is -2.31. The zero-order chi connectivity index (χ0) is 42.9. The minimum absolute atomic E-state index is 0.103. The fourth-order valence-electron chi connectivity index (χ4n) is 10.1. The van der Waals surface area contributed by atoms with Crippen LogP contribution in [0.3, 0.4) is 0 Å². The van der Waals surface area contributed by atoms with E-state index in [1.807, 2.05) is 37.5 Å². The van der Waals surface area contributed by atoms with E-state index in [4.69, 9.17) is 19.5 Å². The molecule has 3 aliphatic heterocycles. The average molecular weight is 828 g/mol. The third-order valence-corrected chi connectivity index (χ3v) is 13.3. The van der Waals surface area contributed by atoms with Gasteiger partial charge in [0.15, 0.2) is 0 Å². The molecule has 7 atom stereocenters. The van der Waals surface area contributed by atoms with Gasteiger partial charge in [-0.25, -0.2) is 14.6 Å². The summed E-state index contributed by atoms with van der Waals surface area (Å²) >= 11 is 0. The number of methoxy groups -OCH3 is 2. The van der Waals surface area contributed by atoms with Crippen molar-refractivity contribution in [2.75, 3.05) is 27.4 Å². The molecule has 4 aromatic carbocycles. The number of ether oxygens (including phenoxy) is 2. The fraction of sp³-hybridized carbons (Fsp3) is 0.447. The third kappa shape index (κ3) is 7.34. The molecule has 0 spiro atoms. The first-order valence-corrected chi connectivity index (χ1v) is 21.3. The van der Waals surface area contributed by atoms with Gasteiger partial charge in [0, 0.05) is 43.1 Å². The van der Waals surface area contributed by atoms with E-state index < -0.39 is 24.3 Å². The summed E-state index contributed by atoms with van der Waals surface area (Å²) in [5.74, 6) is 0.657. The maximum absolute atomic E-state index is 14.0. The number of aliphatic imine (C=N–C) groups is 1. The second kappa shape index (κ2) is 15.8. The molecule has 0 unspecified atom stereocenters. The summed E-state index contributed by atoms with van der Waals surface area (Å²) < 4.78 is 10.3. The van der Waals surface area contributed by atoms with Crippen LogP contribution in [0.25, 0.3) is 43.7 Å². The number of carboxylic acid groups (broad SMARTS) is 1. The van der Waals surface area contributed by atoms with Crippen molar-refractivity contribution in [3.05, 3.63) is 72.1 Å². The number of nitrogens with zero attached hydrogens (tertiary/aromatic N) is 4. The molecule has 1 aliphatic carbocycles. The zero-order valence-electron chi connectivity index (χ0n) is 35.4. The Bertz CT molecular complexity index is 2620. The molecule has 1 saturated carbocycles. The van der Waals surface area contributed by atoms with Crippen molar-refractivity contribution in [2.24, 2.45) is 28.7 Å². The Hall–Kier alpha value is -6.02. The van der Waals surface area contributed by atoms with Crippen molar-refractivity contribution in [3.8, 4) is 11.1 Å². The van der Waals surface area contributed by atoms with Crippen molar-refractivity contribution in [1.82, 2.24) is 30.4 Å². The van der Waals surface area contributed by atoms with Crippen LogP contribution in [-0.2, 0) is 25.5 Å². The second-order valence-electron chi connectivity index (χ2n) is 18.0. The standard InChI is InChI=1S/C47H53N7O7/c1-23(2)40(51-46(57)58)44(55)53-21-25(22-60-5)15-38(53)36-20-33-31-11-7-26(16-28(31)9-13-34(33)48-36)27-8-12-32-29(17-27)10-14-35-42(32)50-43(49-35)39-19-30-18-37(30)54(39)45(56)41(24(3)4)52-47(59)61-6/h7-14,16-17,23-25,30,37-41,51H,15,18-22H2,1-6H3,(H,49,50)(H,52,59)(H,57,58)/t25-,30+,37+,38-,39-,40-,41-/m0/s1. The van der Waals surface area contributed by atoms with E-state index in [0.29, 0.717) is 31.9 Å². The molecule has 14 nitrogen and oxygen atoms in total. The molecule has 61 heavy (non-hydrogen) atoms. The van der Waals surface area contributed by atoms with Crippen molar-refractivity contribution < 1.29 is 33.8 Å². The zero-order valence-corrected chi connectivity index (χ0v) is 35.4. The van der Waals surface area contributed by atoms with Crippen LogP contribution >= 0.6 is 0 Å². The molecule has 0 bridgehead atoms. The highest BCUT2D eigenvalue weighted by atomic mass is 16.5. The molecule has 4 aliphatic rings. The van der Waals surface area contributed by atoms with Gasteiger partial charge in [-0.05, 0) is 94.1 Å². The molecule has 2 saturated heterocycles. The van der Waals surface area contributed by atoms with E-state index in [-0.39, 0.29) is 47.7 Å². The number of rotatable bonds is 11. The highest BCUT2D eigenvalue weighted by Crippen LogP contribution is 2.53. The summed E-state index contributed by atoms with van der Waals surface area (Å²) in [4.78, 5) is 69.1. The van der Waals surface area contributed by atoms with Gasteiger partial charge in [0.1, 0.15) is 17.9 Å². The predicted molar refractivity (Wildman–Crippen MR) is 233 cm³/mol. The monoisotopic (exact) mass is 827 g/mol. The number of hydrogen-bond donors (Lipinski definition) is 4. The Morgan fingerprint density at radius 3 is 2.21 bits per heavy atom. The summed E-state index contributed by atoms with van der Waals surface area (Å²) in [7, 11) is 2.96. The number of carbonyl (C=O) groups excluding carboxylic acids is 3. The predicted octanol–water partition coefficient (Wildman–Crippen LogP) is 7.36. The topological polar surface area (TPSA) is 179 Å². The third-order valence-electron chi connectivity index (χ3n) is 13.3. The molecule has 4 amide bonds. The van der Waals surface area contributed by atoms with Gasteiger partial charge in [0.25, 0.3) is 0 Å². The smallest absolute Gasteiger partial charge is 0.407 e. The minimum Gasteiger partial charge on any atom is -0.465 e. The van der Waals surface area contributed by atoms with Crippen molar-refractivity contribution in [1.29, 1.82) is 0 Å². The quantitative estimate of drug-likeness (QED) is 0.107. The van der Waals surface area contributed by atoms with Gasteiger partial charge in [-0.15, -0.1) is 0 Å². The van der Waals surface area contributed by atoms with E-state index in [2.05, 4.69) is 76.3 Å².